The van der Waals surface area contributed by atoms with Crippen molar-refractivity contribution in [3.63, 3.8) is 0 Å². The number of aromatic nitrogens is 2. The molecule has 1 aliphatic heterocycles. The Morgan fingerprint density at radius 2 is 1.70 bits per heavy atom. The molecule has 174 valence electrons. The van der Waals surface area contributed by atoms with Crippen LogP contribution in [0, 0.1) is 5.41 Å². The number of rotatable bonds is 6. The van der Waals surface area contributed by atoms with Gasteiger partial charge in [0.1, 0.15) is 0 Å². The van der Waals surface area contributed by atoms with E-state index in [1.165, 1.54) is 0 Å². The Kier molecular flexibility index (Phi) is 6.83. The molecule has 0 radical (unpaired) electrons. The van der Waals surface area contributed by atoms with Crippen molar-refractivity contribution < 1.29 is 9.90 Å². The van der Waals surface area contributed by atoms with Crippen molar-refractivity contribution in [2.24, 2.45) is 5.41 Å². The van der Waals surface area contributed by atoms with Gasteiger partial charge >= 0.3 is 0 Å². The van der Waals surface area contributed by atoms with E-state index in [1.54, 1.807) is 18.2 Å². The van der Waals surface area contributed by atoms with Gasteiger partial charge in [-0.3, -0.25) is 4.79 Å². The van der Waals surface area contributed by atoms with Gasteiger partial charge in [0.15, 0.2) is 17.4 Å². The van der Waals surface area contributed by atoms with Crippen molar-refractivity contribution in [2.75, 3.05) is 23.7 Å². The van der Waals surface area contributed by atoms with Crippen LogP contribution in [0.25, 0.3) is 0 Å². The van der Waals surface area contributed by atoms with Crippen molar-refractivity contribution in [3.8, 4) is 5.75 Å². The van der Waals surface area contributed by atoms with Gasteiger partial charge in [-0.2, -0.15) is 8.75 Å². The van der Waals surface area contributed by atoms with Gasteiger partial charge in [-0.25, -0.2) is 0 Å². The van der Waals surface area contributed by atoms with Crippen molar-refractivity contribution in [3.05, 3.63) is 59.7 Å². The Labute approximate surface area is 199 Å². The predicted octanol–water partition coefficient (Wildman–Crippen LogP) is 5.81. The molecule has 33 heavy (non-hydrogen) atoms. The Morgan fingerprint density at radius 1 is 1.00 bits per heavy atom. The molecule has 2 aromatic carbocycles. The first kappa shape index (κ1) is 23.0. The smallest absolute Gasteiger partial charge is 0.257 e. The number of hydrogen-bond acceptors (Lipinski definition) is 7. The molecular formula is C25H31N5O2S. The van der Waals surface area contributed by atoms with Gasteiger partial charge in [-0.15, -0.1) is 0 Å². The standard InChI is InChI=1S/C25H31N5O2S/c1-25(2,3)21(17-11-6-4-7-12-17)27-23-22(28-33-29-23)26-19-14-10-13-18(20(19)31)24(32)30-15-8-5-9-16-30/h4,6-7,10-14,21,31H,5,8-9,15-16H2,1-3H3,(H,26,28)(H,27,29). The number of phenolic OH excluding ortho intramolecular Hbond substituents is 1. The summed E-state index contributed by atoms with van der Waals surface area (Å²) in [4.78, 5) is 14.8. The fraction of sp³-hybridized carbons (Fsp3) is 0.400. The van der Waals surface area contributed by atoms with Crippen LogP contribution in [0.4, 0.5) is 17.3 Å². The van der Waals surface area contributed by atoms with E-state index < -0.39 is 0 Å². The van der Waals surface area contributed by atoms with Gasteiger partial charge < -0.3 is 20.6 Å². The van der Waals surface area contributed by atoms with E-state index in [2.05, 4.69) is 52.3 Å². The molecule has 1 unspecified atom stereocenters. The lowest BCUT2D eigenvalue weighted by molar-refractivity contribution is 0.0721. The van der Waals surface area contributed by atoms with Crippen LogP contribution < -0.4 is 10.6 Å². The molecule has 0 spiro atoms. The summed E-state index contributed by atoms with van der Waals surface area (Å²) in [7, 11) is 0. The van der Waals surface area contributed by atoms with Gasteiger partial charge in [-0.1, -0.05) is 57.2 Å². The molecule has 4 rings (SSSR count). The second-order valence-corrected chi connectivity index (χ2v) is 10.0. The summed E-state index contributed by atoms with van der Waals surface area (Å²) in [6.45, 7) is 7.98. The molecule has 1 amide bonds. The van der Waals surface area contributed by atoms with Crippen LogP contribution in [-0.2, 0) is 0 Å². The number of anilines is 3. The van der Waals surface area contributed by atoms with Gasteiger partial charge in [-0.05, 0) is 42.4 Å². The van der Waals surface area contributed by atoms with Crippen LogP contribution in [0.3, 0.4) is 0 Å². The number of carbonyl (C=O) groups excluding carboxylic acids is 1. The zero-order valence-electron chi connectivity index (χ0n) is 19.3. The molecule has 3 aromatic rings. The lowest BCUT2D eigenvalue weighted by Crippen LogP contribution is -2.35. The SMILES string of the molecule is CC(C)(C)C(Nc1nsnc1Nc1cccc(C(=O)N2CCCCC2)c1O)c1ccccc1. The minimum atomic E-state index is -0.137. The van der Waals surface area contributed by atoms with Crippen molar-refractivity contribution in [1.29, 1.82) is 0 Å². The number of hydrogen-bond donors (Lipinski definition) is 3. The number of amides is 1. The number of phenols is 1. The second kappa shape index (κ2) is 9.79. The monoisotopic (exact) mass is 465 g/mol. The maximum absolute atomic E-state index is 13.0. The maximum atomic E-state index is 13.0. The summed E-state index contributed by atoms with van der Waals surface area (Å²) < 4.78 is 8.85. The quantitative estimate of drug-likeness (QED) is 0.398. The van der Waals surface area contributed by atoms with E-state index in [0.29, 0.717) is 22.9 Å². The topological polar surface area (TPSA) is 90.4 Å². The number of nitrogens with one attached hydrogen (secondary N) is 2. The first-order chi connectivity index (χ1) is 15.8. The second-order valence-electron chi connectivity index (χ2n) is 9.50. The Hall–Kier alpha value is -3.13. The first-order valence-corrected chi connectivity index (χ1v) is 12.1. The van der Waals surface area contributed by atoms with E-state index in [9.17, 15) is 9.90 Å². The minimum Gasteiger partial charge on any atom is -0.505 e. The highest BCUT2D eigenvalue weighted by molar-refractivity contribution is 6.99. The van der Waals surface area contributed by atoms with Crippen LogP contribution >= 0.6 is 11.7 Å². The van der Waals surface area contributed by atoms with Crippen LogP contribution in [-0.4, -0.2) is 37.8 Å². The molecule has 0 saturated carbocycles. The summed E-state index contributed by atoms with van der Waals surface area (Å²) in [5, 5.41) is 17.6. The number of nitrogens with zero attached hydrogens (tertiary/aromatic N) is 3. The Morgan fingerprint density at radius 3 is 2.39 bits per heavy atom. The largest absolute Gasteiger partial charge is 0.505 e. The zero-order chi connectivity index (χ0) is 23.4. The molecule has 1 saturated heterocycles. The number of benzene rings is 2. The van der Waals surface area contributed by atoms with Crippen molar-refractivity contribution in [2.45, 2.75) is 46.1 Å². The Balaban J connectivity index is 1.57. The summed E-state index contributed by atoms with van der Waals surface area (Å²) in [6, 6.07) is 15.4. The van der Waals surface area contributed by atoms with Crippen molar-refractivity contribution in [1.82, 2.24) is 13.6 Å². The Bertz CT molecular complexity index is 1090. The van der Waals surface area contributed by atoms with Crippen LogP contribution in [0.1, 0.15) is 62.0 Å². The highest BCUT2D eigenvalue weighted by Gasteiger charge is 2.28. The molecule has 1 atom stereocenters. The third kappa shape index (κ3) is 5.27. The number of aromatic hydroxyl groups is 1. The van der Waals surface area contributed by atoms with Gasteiger partial charge in [0.2, 0.25) is 0 Å². The normalized spacial score (nSPS) is 15.2. The number of likely N-dealkylation sites (tertiary alicyclic amines) is 1. The van der Waals surface area contributed by atoms with E-state index in [4.69, 9.17) is 0 Å². The average Bonchev–Trinajstić information content (AvgIpc) is 3.25. The molecular weight excluding hydrogens is 434 g/mol. The number of piperidine rings is 1. The third-order valence-electron chi connectivity index (χ3n) is 5.93. The summed E-state index contributed by atoms with van der Waals surface area (Å²) in [6.07, 6.45) is 3.14. The minimum absolute atomic E-state index is 0.00348. The summed E-state index contributed by atoms with van der Waals surface area (Å²) in [5.74, 6) is 0.920. The van der Waals surface area contributed by atoms with Crippen LogP contribution in [0.15, 0.2) is 48.5 Å². The number of carbonyl (C=O) groups is 1. The van der Waals surface area contributed by atoms with E-state index in [-0.39, 0.29) is 23.1 Å². The van der Waals surface area contributed by atoms with Crippen molar-refractivity contribution >= 4 is 35.0 Å². The molecule has 8 heteroatoms. The van der Waals surface area contributed by atoms with Crippen LogP contribution in [0.5, 0.6) is 5.75 Å². The van der Waals surface area contributed by atoms with Gasteiger partial charge in [0.05, 0.1) is 29.0 Å². The summed E-state index contributed by atoms with van der Waals surface area (Å²) >= 11 is 1.09. The lowest BCUT2D eigenvalue weighted by atomic mass is 9.82. The average molecular weight is 466 g/mol. The molecule has 1 fully saturated rings. The molecule has 1 aromatic heterocycles. The molecule has 7 nitrogen and oxygen atoms in total. The molecule has 1 aliphatic rings. The fourth-order valence-corrected chi connectivity index (χ4v) is 4.63. The van der Waals surface area contributed by atoms with Crippen LogP contribution in [0.2, 0.25) is 0 Å². The molecule has 2 heterocycles. The molecule has 3 N–H and O–H groups in total. The van der Waals surface area contributed by atoms with E-state index in [1.807, 2.05) is 23.1 Å². The van der Waals surface area contributed by atoms with Gasteiger partial charge in [0.25, 0.3) is 5.91 Å². The van der Waals surface area contributed by atoms with Gasteiger partial charge in [0, 0.05) is 13.1 Å². The predicted molar refractivity (Wildman–Crippen MR) is 133 cm³/mol. The zero-order valence-corrected chi connectivity index (χ0v) is 20.2. The molecule has 0 bridgehead atoms. The lowest BCUT2D eigenvalue weighted by Gasteiger charge is -2.32. The molecule has 0 aliphatic carbocycles. The van der Waals surface area contributed by atoms with E-state index in [0.717, 1.165) is 49.6 Å². The fourth-order valence-electron chi connectivity index (χ4n) is 4.16. The summed E-state index contributed by atoms with van der Waals surface area (Å²) in [5.41, 5.74) is 1.81. The maximum Gasteiger partial charge on any atom is 0.257 e. The number of para-hydroxylation sites is 1. The first-order valence-electron chi connectivity index (χ1n) is 11.4. The highest BCUT2D eigenvalue weighted by Crippen LogP contribution is 2.38. The highest BCUT2D eigenvalue weighted by atomic mass is 32.1. The van der Waals surface area contributed by atoms with E-state index >= 15 is 0 Å². The third-order valence-corrected chi connectivity index (χ3v) is 6.46.